The molecule has 3 aromatic rings. The van der Waals surface area contributed by atoms with Crippen molar-refractivity contribution in [1.29, 1.82) is 0 Å². The van der Waals surface area contributed by atoms with Crippen LogP contribution in [0.4, 0.5) is 5.69 Å². The zero-order chi connectivity index (χ0) is 19.4. The third kappa shape index (κ3) is 3.93. The maximum atomic E-state index is 12.4. The summed E-state index contributed by atoms with van der Waals surface area (Å²) < 4.78 is 11.3. The minimum atomic E-state index is -0.346. The summed E-state index contributed by atoms with van der Waals surface area (Å²) in [5.74, 6) is 1.24. The van der Waals surface area contributed by atoms with Gasteiger partial charge in [-0.15, -0.1) is 0 Å². The fourth-order valence-electron chi connectivity index (χ4n) is 2.69. The van der Waals surface area contributed by atoms with Crippen molar-refractivity contribution in [2.24, 2.45) is 0 Å². The van der Waals surface area contributed by atoms with Gasteiger partial charge in [-0.2, -0.15) is 0 Å². The first-order chi connectivity index (χ1) is 13.0. The molecule has 2 aromatic carbocycles. The highest BCUT2D eigenvalue weighted by atomic mass is 16.5. The molecule has 7 heteroatoms. The second-order valence-electron chi connectivity index (χ2n) is 5.98. The number of nitrogens with two attached hydrogens (primary N) is 1. The van der Waals surface area contributed by atoms with E-state index in [2.05, 4.69) is 10.3 Å². The fourth-order valence-corrected chi connectivity index (χ4v) is 2.69. The third-order valence-electron chi connectivity index (χ3n) is 4.13. The van der Waals surface area contributed by atoms with E-state index in [-0.39, 0.29) is 19.1 Å². The highest BCUT2D eigenvalue weighted by Crippen LogP contribution is 2.33. The van der Waals surface area contributed by atoms with Crippen LogP contribution in [0.5, 0.6) is 17.2 Å². The molecule has 0 saturated carbocycles. The van der Waals surface area contributed by atoms with Crippen LogP contribution in [-0.2, 0) is 0 Å². The van der Waals surface area contributed by atoms with Crippen molar-refractivity contribution >= 4 is 22.5 Å². The summed E-state index contributed by atoms with van der Waals surface area (Å²) in [6.07, 6.45) is 1.63. The van der Waals surface area contributed by atoms with Crippen molar-refractivity contribution < 1.29 is 19.4 Å². The minimum absolute atomic E-state index is 0.145. The Morgan fingerprint density at radius 3 is 2.74 bits per heavy atom. The van der Waals surface area contributed by atoms with E-state index in [1.807, 2.05) is 13.0 Å². The molecule has 4 N–H and O–H groups in total. The zero-order valence-electron chi connectivity index (χ0n) is 15.2. The molecule has 140 valence electrons. The molecule has 1 amide bonds. The van der Waals surface area contributed by atoms with Gasteiger partial charge in [0.2, 0.25) is 0 Å². The number of pyridine rings is 1. The first-order valence-electron chi connectivity index (χ1n) is 8.43. The lowest BCUT2D eigenvalue weighted by molar-refractivity contribution is 0.0942. The van der Waals surface area contributed by atoms with Crippen LogP contribution >= 0.6 is 0 Å². The molecule has 0 unspecified atom stereocenters. The van der Waals surface area contributed by atoms with Gasteiger partial charge in [0, 0.05) is 29.9 Å². The van der Waals surface area contributed by atoms with Gasteiger partial charge in [0.15, 0.2) is 0 Å². The normalized spacial score (nSPS) is 10.6. The predicted molar refractivity (Wildman–Crippen MR) is 103 cm³/mol. The molecule has 7 nitrogen and oxygen atoms in total. The first-order valence-corrected chi connectivity index (χ1v) is 8.43. The van der Waals surface area contributed by atoms with Gasteiger partial charge in [-0.25, -0.2) is 0 Å². The standard InChI is InChI=1S/C20H21N3O4/c1-12-9-13(3-4-16(12)21)27-18-5-6-22-17-11-19(26-2)15(10-14(17)18)20(25)23-7-8-24/h3-6,9-11,24H,7-8,21H2,1-2H3,(H,23,25). The Bertz CT molecular complexity index is 988. The van der Waals surface area contributed by atoms with E-state index in [0.29, 0.717) is 39.4 Å². The van der Waals surface area contributed by atoms with Crippen molar-refractivity contribution in [3.8, 4) is 17.2 Å². The fraction of sp³-hybridized carbons (Fsp3) is 0.200. The third-order valence-corrected chi connectivity index (χ3v) is 4.13. The van der Waals surface area contributed by atoms with E-state index < -0.39 is 0 Å². The number of nitrogens with one attached hydrogen (secondary N) is 1. The number of aliphatic hydroxyl groups is 1. The molecule has 0 fully saturated rings. The van der Waals surface area contributed by atoms with Crippen molar-refractivity contribution in [3.63, 3.8) is 0 Å². The summed E-state index contributed by atoms with van der Waals surface area (Å²) in [4.78, 5) is 16.7. The van der Waals surface area contributed by atoms with E-state index >= 15 is 0 Å². The van der Waals surface area contributed by atoms with E-state index in [4.69, 9.17) is 20.3 Å². The number of hydrogen-bond acceptors (Lipinski definition) is 6. The Balaban J connectivity index is 2.05. The quantitative estimate of drug-likeness (QED) is 0.578. The summed E-state index contributed by atoms with van der Waals surface area (Å²) in [6.45, 7) is 1.91. The van der Waals surface area contributed by atoms with Gasteiger partial charge in [-0.05, 0) is 42.8 Å². The van der Waals surface area contributed by atoms with Gasteiger partial charge in [0.25, 0.3) is 5.91 Å². The highest BCUT2D eigenvalue weighted by Gasteiger charge is 2.16. The summed E-state index contributed by atoms with van der Waals surface area (Å²) in [5, 5.41) is 12.2. The topological polar surface area (TPSA) is 107 Å². The van der Waals surface area contributed by atoms with Crippen LogP contribution < -0.4 is 20.5 Å². The number of nitrogens with zero attached hydrogens (tertiary/aromatic N) is 1. The Labute approximate surface area is 156 Å². The number of anilines is 1. The second-order valence-corrected chi connectivity index (χ2v) is 5.98. The average Bonchev–Trinajstić information content (AvgIpc) is 2.68. The Kier molecular flexibility index (Phi) is 5.42. The Morgan fingerprint density at radius 2 is 2.04 bits per heavy atom. The number of ether oxygens (including phenoxy) is 2. The Morgan fingerprint density at radius 1 is 1.22 bits per heavy atom. The molecule has 0 bridgehead atoms. The van der Waals surface area contributed by atoms with Gasteiger partial charge in [-0.3, -0.25) is 9.78 Å². The first kappa shape index (κ1) is 18.5. The smallest absolute Gasteiger partial charge is 0.255 e. The molecular formula is C20H21N3O4. The lowest BCUT2D eigenvalue weighted by Gasteiger charge is -2.13. The van der Waals surface area contributed by atoms with Crippen molar-refractivity contribution in [2.45, 2.75) is 6.92 Å². The van der Waals surface area contributed by atoms with Crippen LogP contribution in [0.2, 0.25) is 0 Å². The number of methoxy groups -OCH3 is 1. The number of carbonyl (C=O) groups is 1. The van der Waals surface area contributed by atoms with Crippen molar-refractivity contribution in [2.75, 3.05) is 26.0 Å². The monoisotopic (exact) mass is 367 g/mol. The lowest BCUT2D eigenvalue weighted by atomic mass is 10.1. The number of hydrogen-bond donors (Lipinski definition) is 3. The summed E-state index contributed by atoms with van der Waals surface area (Å²) in [6, 6.07) is 10.5. The molecule has 0 atom stereocenters. The number of aliphatic hydroxyl groups excluding tert-OH is 1. The number of aryl methyl sites for hydroxylation is 1. The van der Waals surface area contributed by atoms with Gasteiger partial charge < -0.3 is 25.6 Å². The van der Waals surface area contributed by atoms with Crippen molar-refractivity contribution in [1.82, 2.24) is 10.3 Å². The number of carbonyl (C=O) groups excluding carboxylic acids is 1. The molecule has 0 spiro atoms. The summed E-state index contributed by atoms with van der Waals surface area (Å²) in [7, 11) is 1.49. The van der Waals surface area contributed by atoms with E-state index in [1.165, 1.54) is 7.11 Å². The van der Waals surface area contributed by atoms with Gasteiger partial charge in [0.1, 0.15) is 17.2 Å². The van der Waals surface area contributed by atoms with Crippen LogP contribution in [0.1, 0.15) is 15.9 Å². The van der Waals surface area contributed by atoms with E-state index in [0.717, 1.165) is 5.56 Å². The molecule has 0 radical (unpaired) electrons. The predicted octanol–water partition coefficient (Wildman–Crippen LogP) is 2.65. The van der Waals surface area contributed by atoms with E-state index in [9.17, 15) is 4.79 Å². The van der Waals surface area contributed by atoms with Crippen LogP contribution in [-0.4, -0.2) is 36.3 Å². The van der Waals surface area contributed by atoms with Crippen LogP contribution in [0, 0.1) is 6.92 Å². The summed E-state index contributed by atoms with van der Waals surface area (Å²) >= 11 is 0. The molecule has 1 heterocycles. The lowest BCUT2D eigenvalue weighted by Crippen LogP contribution is -2.26. The van der Waals surface area contributed by atoms with E-state index in [1.54, 1.807) is 36.5 Å². The number of fused-ring (bicyclic) bond motifs is 1. The van der Waals surface area contributed by atoms with Gasteiger partial charge in [-0.1, -0.05) is 0 Å². The zero-order valence-corrected chi connectivity index (χ0v) is 15.2. The Hall–Kier alpha value is -3.32. The molecule has 0 aliphatic rings. The number of benzene rings is 2. The molecule has 1 aromatic heterocycles. The minimum Gasteiger partial charge on any atom is -0.496 e. The van der Waals surface area contributed by atoms with Crippen LogP contribution in [0.3, 0.4) is 0 Å². The molecule has 0 aliphatic heterocycles. The van der Waals surface area contributed by atoms with Crippen LogP contribution in [0.25, 0.3) is 10.9 Å². The number of amides is 1. The van der Waals surface area contributed by atoms with Crippen LogP contribution in [0.15, 0.2) is 42.6 Å². The molecule has 0 aliphatic carbocycles. The number of nitrogen functional groups attached to an aromatic ring is 1. The maximum absolute atomic E-state index is 12.4. The number of rotatable bonds is 6. The van der Waals surface area contributed by atoms with Gasteiger partial charge >= 0.3 is 0 Å². The molecular weight excluding hydrogens is 346 g/mol. The summed E-state index contributed by atoms with van der Waals surface area (Å²) in [5.41, 5.74) is 8.43. The second kappa shape index (κ2) is 7.92. The van der Waals surface area contributed by atoms with Crippen molar-refractivity contribution in [3.05, 3.63) is 53.7 Å². The SMILES string of the molecule is COc1cc2nccc(Oc3ccc(N)c(C)c3)c2cc1C(=O)NCCO. The average molecular weight is 367 g/mol. The molecule has 27 heavy (non-hydrogen) atoms. The maximum Gasteiger partial charge on any atom is 0.255 e. The van der Waals surface area contributed by atoms with Gasteiger partial charge in [0.05, 0.1) is 24.8 Å². The molecule has 0 saturated heterocycles. The molecule has 3 rings (SSSR count). The number of aromatic nitrogens is 1. The highest BCUT2D eigenvalue weighted by molar-refractivity contribution is 6.02. The largest absolute Gasteiger partial charge is 0.496 e.